The van der Waals surface area contributed by atoms with Crippen LogP contribution in [-0.4, -0.2) is 56.3 Å². The van der Waals surface area contributed by atoms with Crippen molar-refractivity contribution in [1.82, 2.24) is 16.0 Å². The van der Waals surface area contributed by atoms with Crippen LogP contribution in [0.25, 0.3) is 0 Å². The van der Waals surface area contributed by atoms with Crippen molar-refractivity contribution >= 4 is 23.9 Å². The number of guanidine groups is 1. The third kappa shape index (κ3) is 10.2. The van der Waals surface area contributed by atoms with Crippen LogP contribution in [0.3, 0.4) is 0 Å². The second-order valence-electron chi connectivity index (χ2n) is 8.37. The van der Waals surface area contributed by atoms with E-state index in [0.717, 1.165) is 30.6 Å². The molecule has 0 spiro atoms. The fraction of sp³-hybridized carbons (Fsp3) is 0.407. The Morgan fingerprint density at radius 3 is 2.51 bits per heavy atom. The van der Waals surface area contributed by atoms with E-state index in [4.69, 9.17) is 14.2 Å². The summed E-state index contributed by atoms with van der Waals surface area (Å²) in [4.78, 5) is 40.9. The molecule has 0 aliphatic carbocycles. The van der Waals surface area contributed by atoms with Crippen molar-refractivity contribution in [3.63, 3.8) is 0 Å². The van der Waals surface area contributed by atoms with Crippen LogP contribution in [0.2, 0.25) is 0 Å². The first-order chi connectivity index (χ1) is 18.0. The Morgan fingerprint density at radius 1 is 1.03 bits per heavy atom. The van der Waals surface area contributed by atoms with E-state index < -0.39 is 18.1 Å². The van der Waals surface area contributed by atoms with Gasteiger partial charge in [-0.15, -0.1) is 0 Å². The number of benzene rings is 2. The summed E-state index contributed by atoms with van der Waals surface area (Å²) < 4.78 is 16.1. The van der Waals surface area contributed by atoms with Gasteiger partial charge in [0.1, 0.15) is 18.4 Å². The van der Waals surface area contributed by atoms with E-state index >= 15 is 0 Å². The van der Waals surface area contributed by atoms with Crippen LogP contribution in [0.5, 0.6) is 5.75 Å². The van der Waals surface area contributed by atoms with Crippen LogP contribution in [-0.2, 0) is 32.1 Å². The molecule has 1 aliphatic rings. The molecule has 0 radical (unpaired) electrons. The van der Waals surface area contributed by atoms with Crippen molar-refractivity contribution in [2.45, 2.75) is 45.3 Å². The number of esters is 1. The molecule has 0 aromatic heterocycles. The lowest BCUT2D eigenvalue weighted by atomic mass is 10.1. The van der Waals surface area contributed by atoms with Crippen LogP contribution in [0.1, 0.15) is 37.3 Å². The van der Waals surface area contributed by atoms with Gasteiger partial charge in [-0.3, -0.25) is 15.1 Å². The molecule has 1 atom stereocenters. The number of hydrogen-bond donors (Lipinski definition) is 3. The third-order valence-electron chi connectivity index (χ3n) is 5.41. The van der Waals surface area contributed by atoms with Gasteiger partial charge in [-0.1, -0.05) is 42.5 Å². The first kappa shape index (κ1) is 27.5. The number of rotatable bonds is 12. The Hall–Kier alpha value is -4.08. The maximum absolute atomic E-state index is 12.4. The molecule has 2 aromatic carbocycles. The second kappa shape index (κ2) is 15.1. The smallest absolute Gasteiger partial charge is 0.408 e. The summed E-state index contributed by atoms with van der Waals surface area (Å²) in [7, 11) is 0. The fourth-order valence-corrected chi connectivity index (χ4v) is 3.53. The number of aliphatic imine (C=N–C) groups is 1. The Kier molecular flexibility index (Phi) is 11.2. The summed E-state index contributed by atoms with van der Waals surface area (Å²) in [5.74, 6) is 0.539. The lowest BCUT2D eigenvalue weighted by molar-refractivity contribution is -0.145. The van der Waals surface area contributed by atoms with Crippen molar-refractivity contribution in [1.29, 1.82) is 0 Å². The predicted octanol–water partition coefficient (Wildman–Crippen LogP) is 2.71. The molecule has 1 aliphatic heterocycles. The van der Waals surface area contributed by atoms with Gasteiger partial charge in [-0.25, -0.2) is 9.59 Å². The number of carbonyl (C=O) groups excluding carboxylic acids is 3. The zero-order valence-electron chi connectivity index (χ0n) is 21.0. The molecule has 0 bridgehead atoms. The lowest BCUT2D eigenvalue weighted by Gasteiger charge is -2.17. The number of alkyl carbamates (subject to hydrolysis) is 1. The van der Waals surface area contributed by atoms with Crippen LogP contribution >= 0.6 is 0 Å². The quantitative estimate of drug-likeness (QED) is 0.296. The zero-order chi connectivity index (χ0) is 26.3. The van der Waals surface area contributed by atoms with Gasteiger partial charge in [0.15, 0.2) is 5.96 Å². The molecule has 37 heavy (non-hydrogen) atoms. The molecule has 1 unspecified atom stereocenters. The molecule has 2 amide bonds. The van der Waals surface area contributed by atoms with E-state index in [-0.39, 0.29) is 25.5 Å². The first-order valence-electron chi connectivity index (χ1n) is 12.5. The largest absolute Gasteiger partial charge is 0.494 e. The van der Waals surface area contributed by atoms with E-state index in [9.17, 15) is 14.4 Å². The minimum atomic E-state index is -0.892. The summed E-state index contributed by atoms with van der Waals surface area (Å²) in [6.07, 6.45) is 1.38. The van der Waals surface area contributed by atoms with Gasteiger partial charge in [-0.2, -0.15) is 0 Å². The van der Waals surface area contributed by atoms with Crippen molar-refractivity contribution in [2.24, 2.45) is 4.99 Å². The highest BCUT2D eigenvalue weighted by atomic mass is 16.6. The van der Waals surface area contributed by atoms with Gasteiger partial charge in [0.05, 0.1) is 13.2 Å². The average molecular weight is 511 g/mol. The van der Waals surface area contributed by atoms with Crippen LogP contribution in [0.15, 0.2) is 59.6 Å². The molecule has 10 nitrogen and oxygen atoms in total. The number of hydrogen-bond acceptors (Lipinski definition) is 8. The molecular formula is C27H34N4O6. The van der Waals surface area contributed by atoms with E-state index in [1.54, 1.807) is 19.1 Å². The third-order valence-corrected chi connectivity index (χ3v) is 5.41. The summed E-state index contributed by atoms with van der Waals surface area (Å²) in [5, 5.41) is 8.41. The number of nitrogens with one attached hydrogen (secondary N) is 3. The maximum Gasteiger partial charge on any atom is 0.408 e. The molecule has 2 aromatic rings. The second-order valence-corrected chi connectivity index (χ2v) is 8.37. The number of amides is 2. The van der Waals surface area contributed by atoms with Crippen molar-refractivity contribution in [2.75, 3.05) is 26.3 Å². The summed E-state index contributed by atoms with van der Waals surface area (Å²) in [5.41, 5.74) is 1.66. The maximum atomic E-state index is 12.4. The number of ether oxygens (including phenoxy) is 3. The Labute approximate surface area is 216 Å². The first-order valence-corrected chi connectivity index (χ1v) is 12.5. The lowest BCUT2D eigenvalue weighted by Crippen LogP contribution is -2.43. The van der Waals surface area contributed by atoms with Gasteiger partial charge < -0.3 is 24.8 Å². The Morgan fingerprint density at radius 2 is 1.81 bits per heavy atom. The minimum absolute atomic E-state index is 0.0988. The molecule has 0 fully saturated rings. The van der Waals surface area contributed by atoms with E-state index in [1.807, 2.05) is 42.5 Å². The van der Waals surface area contributed by atoms with Gasteiger partial charge >= 0.3 is 12.1 Å². The van der Waals surface area contributed by atoms with Crippen LogP contribution in [0, 0.1) is 0 Å². The highest BCUT2D eigenvalue weighted by Gasteiger charge is 2.23. The molecule has 0 saturated heterocycles. The predicted molar refractivity (Wildman–Crippen MR) is 138 cm³/mol. The normalized spacial score (nSPS) is 13.4. The average Bonchev–Trinajstić information content (AvgIpc) is 2.92. The minimum Gasteiger partial charge on any atom is -0.494 e. The molecule has 0 saturated carbocycles. The number of nitrogens with zero attached hydrogens (tertiary/aromatic N) is 1. The topological polar surface area (TPSA) is 127 Å². The Bertz CT molecular complexity index is 1040. The van der Waals surface area contributed by atoms with Crippen LogP contribution < -0.4 is 20.7 Å². The standard InChI is InChI=1S/C27H34N4O6/c1-2-35-25(33)23(30-27(34)37-19-21-8-4-3-5-9-21)18-20-11-13-22(14-12-20)36-17-6-10-24(32)31-26-28-15-7-16-29-26/h3-5,8-9,11-14,23H,2,6-7,10,15-19H2,1H3,(H,30,34)(H2,28,29,31,32). The van der Waals surface area contributed by atoms with E-state index in [1.165, 1.54) is 0 Å². The SMILES string of the molecule is CCOC(=O)C(Cc1ccc(OCCCC(=O)NC2=NCCCN2)cc1)NC(=O)OCc1ccccc1. The molecule has 3 rings (SSSR count). The molecule has 198 valence electrons. The van der Waals surface area contributed by atoms with Crippen molar-refractivity contribution < 1.29 is 28.6 Å². The summed E-state index contributed by atoms with van der Waals surface area (Å²) in [6.45, 7) is 3.92. The van der Waals surface area contributed by atoms with Crippen molar-refractivity contribution in [3.05, 3.63) is 65.7 Å². The zero-order valence-corrected chi connectivity index (χ0v) is 21.0. The summed E-state index contributed by atoms with van der Waals surface area (Å²) in [6, 6.07) is 15.6. The van der Waals surface area contributed by atoms with Gasteiger partial charge in [0.2, 0.25) is 5.91 Å². The van der Waals surface area contributed by atoms with E-state index in [2.05, 4.69) is 20.9 Å². The highest BCUT2D eigenvalue weighted by Crippen LogP contribution is 2.15. The van der Waals surface area contributed by atoms with E-state index in [0.29, 0.717) is 31.2 Å². The molecule has 3 N–H and O–H groups in total. The van der Waals surface area contributed by atoms with Gasteiger partial charge in [0.25, 0.3) is 0 Å². The Balaban J connectivity index is 1.43. The fourth-order valence-electron chi connectivity index (χ4n) is 3.53. The van der Waals surface area contributed by atoms with Gasteiger partial charge in [0, 0.05) is 25.9 Å². The van der Waals surface area contributed by atoms with Crippen LogP contribution in [0.4, 0.5) is 4.79 Å². The van der Waals surface area contributed by atoms with Gasteiger partial charge in [-0.05, 0) is 43.0 Å². The molecule has 10 heteroatoms. The summed E-state index contributed by atoms with van der Waals surface area (Å²) >= 11 is 0. The molecule has 1 heterocycles. The molecular weight excluding hydrogens is 476 g/mol. The highest BCUT2D eigenvalue weighted by molar-refractivity contribution is 5.97. The van der Waals surface area contributed by atoms with Crippen molar-refractivity contribution in [3.8, 4) is 5.75 Å². The number of carbonyl (C=O) groups is 3. The monoisotopic (exact) mass is 510 g/mol.